The van der Waals surface area contributed by atoms with E-state index in [0.29, 0.717) is 12.8 Å². The molecule has 1 aromatic carbocycles. The van der Waals surface area contributed by atoms with E-state index in [0.717, 1.165) is 17.0 Å². The SMILES string of the molecule is O=C(CN1C(=O)[C@@H]2CC=CC[C@H]2C1=O)Nc1cccc(C(F)(F)F)c1. The van der Waals surface area contributed by atoms with E-state index in [1.807, 2.05) is 12.2 Å². The van der Waals surface area contributed by atoms with Gasteiger partial charge in [-0.05, 0) is 31.0 Å². The standard InChI is InChI=1S/C17H15F3N2O3/c18-17(19,20)10-4-3-5-11(8-10)21-14(23)9-22-15(24)12-6-1-2-7-13(12)16(22)25/h1-5,8,12-13H,6-7,9H2,(H,21,23)/t12-,13-/m1/s1. The average molecular weight is 352 g/mol. The number of imide groups is 1. The lowest BCUT2D eigenvalue weighted by atomic mass is 9.85. The maximum Gasteiger partial charge on any atom is 0.416 e. The van der Waals surface area contributed by atoms with Gasteiger partial charge in [-0.25, -0.2) is 0 Å². The highest BCUT2D eigenvalue weighted by molar-refractivity contribution is 6.08. The van der Waals surface area contributed by atoms with Crippen molar-refractivity contribution in [2.75, 3.05) is 11.9 Å². The molecule has 1 saturated heterocycles. The summed E-state index contributed by atoms with van der Waals surface area (Å²) in [6.07, 6.45) is 0.0589. The Kier molecular flexibility index (Phi) is 4.36. The Labute approximate surface area is 141 Å². The van der Waals surface area contributed by atoms with Crippen LogP contribution in [0.1, 0.15) is 18.4 Å². The number of alkyl halides is 3. The van der Waals surface area contributed by atoms with Gasteiger partial charge in [0.1, 0.15) is 6.54 Å². The fraction of sp³-hybridized carbons (Fsp3) is 0.353. The first-order chi connectivity index (χ1) is 11.8. The van der Waals surface area contributed by atoms with Crippen LogP contribution in [0.15, 0.2) is 36.4 Å². The highest BCUT2D eigenvalue weighted by Gasteiger charge is 2.47. The van der Waals surface area contributed by atoms with Gasteiger partial charge >= 0.3 is 6.18 Å². The lowest BCUT2D eigenvalue weighted by molar-refractivity contribution is -0.142. The molecule has 1 heterocycles. The fourth-order valence-electron chi connectivity index (χ4n) is 3.14. The summed E-state index contributed by atoms with van der Waals surface area (Å²) in [5.41, 5.74) is -0.936. The summed E-state index contributed by atoms with van der Waals surface area (Å²) in [4.78, 5) is 37.5. The number of hydrogen-bond acceptors (Lipinski definition) is 3. The van der Waals surface area contributed by atoms with Crippen LogP contribution >= 0.6 is 0 Å². The minimum Gasteiger partial charge on any atom is -0.325 e. The van der Waals surface area contributed by atoms with E-state index in [9.17, 15) is 27.6 Å². The minimum absolute atomic E-state index is 0.0435. The first kappa shape index (κ1) is 17.2. The van der Waals surface area contributed by atoms with Crippen molar-refractivity contribution in [1.82, 2.24) is 4.90 Å². The second-order valence-electron chi connectivity index (χ2n) is 6.05. The summed E-state index contributed by atoms with van der Waals surface area (Å²) in [5, 5.41) is 2.30. The Morgan fingerprint density at radius 3 is 2.28 bits per heavy atom. The first-order valence-corrected chi connectivity index (χ1v) is 7.74. The number of fused-ring (bicyclic) bond motifs is 1. The fourth-order valence-corrected chi connectivity index (χ4v) is 3.14. The number of carbonyl (C=O) groups is 3. The molecule has 1 aromatic rings. The van der Waals surface area contributed by atoms with Crippen LogP contribution in [0, 0.1) is 11.8 Å². The number of likely N-dealkylation sites (tertiary alicyclic amines) is 1. The van der Waals surface area contributed by atoms with Crippen molar-refractivity contribution in [2.45, 2.75) is 19.0 Å². The molecule has 3 amide bonds. The molecule has 0 radical (unpaired) electrons. The van der Waals surface area contributed by atoms with Gasteiger partial charge in [0.15, 0.2) is 0 Å². The van der Waals surface area contributed by atoms with Gasteiger partial charge in [-0.3, -0.25) is 19.3 Å². The number of hydrogen-bond donors (Lipinski definition) is 1. The molecule has 2 atom stereocenters. The van der Waals surface area contributed by atoms with Gasteiger partial charge in [0.05, 0.1) is 17.4 Å². The molecule has 132 valence electrons. The lowest BCUT2D eigenvalue weighted by Crippen LogP contribution is -2.38. The van der Waals surface area contributed by atoms with Crippen LogP contribution in [0.5, 0.6) is 0 Å². The van der Waals surface area contributed by atoms with Crippen molar-refractivity contribution in [1.29, 1.82) is 0 Å². The molecule has 1 fully saturated rings. The summed E-state index contributed by atoms with van der Waals surface area (Å²) < 4.78 is 38.1. The molecule has 1 aliphatic heterocycles. The zero-order valence-electron chi connectivity index (χ0n) is 13.0. The van der Waals surface area contributed by atoms with Crippen LogP contribution in [0.2, 0.25) is 0 Å². The van der Waals surface area contributed by atoms with Crippen molar-refractivity contribution >= 4 is 23.4 Å². The van der Waals surface area contributed by atoms with Crippen molar-refractivity contribution < 1.29 is 27.6 Å². The number of benzene rings is 1. The lowest BCUT2D eigenvalue weighted by Gasteiger charge is -2.15. The normalized spacial score (nSPS) is 22.9. The Morgan fingerprint density at radius 2 is 1.72 bits per heavy atom. The predicted octanol–water partition coefficient (Wildman–Crippen LogP) is 2.60. The highest BCUT2D eigenvalue weighted by Crippen LogP contribution is 2.35. The molecule has 25 heavy (non-hydrogen) atoms. The molecule has 3 rings (SSSR count). The van der Waals surface area contributed by atoms with Crippen LogP contribution < -0.4 is 5.32 Å². The Hall–Kier alpha value is -2.64. The number of amides is 3. The van der Waals surface area contributed by atoms with E-state index < -0.39 is 47.8 Å². The van der Waals surface area contributed by atoms with Crippen LogP contribution in [0.25, 0.3) is 0 Å². The van der Waals surface area contributed by atoms with Crippen LogP contribution in [0.4, 0.5) is 18.9 Å². The molecule has 0 spiro atoms. The predicted molar refractivity (Wildman–Crippen MR) is 82.1 cm³/mol. The molecule has 0 bridgehead atoms. The summed E-state index contributed by atoms with van der Waals surface area (Å²) >= 11 is 0. The van der Waals surface area contributed by atoms with Crippen molar-refractivity contribution in [3.05, 3.63) is 42.0 Å². The van der Waals surface area contributed by atoms with Crippen LogP contribution in [0.3, 0.4) is 0 Å². The van der Waals surface area contributed by atoms with Gasteiger partial charge in [-0.2, -0.15) is 13.2 Å². The molecule has 2 aliphatic rings. The first-order valence-electron chi connectivity index (χ1n) is 7.74. The van der Waals surface area contributed by atoms with E-state index in [-0.39, 0.29) is 5.69 Å². The third kappa shape index (κ3) is 3.42. The molecule has 1 N–H and O–H groups in total. The Bertz CT molecular complexity index is 732. The number of nitrogens with zero attached hydrogens (tertiary/aromatic N) is 1. The number of rotatable bonds is 3. The minimum atomic E-state index is -4.52. The Morgan fingerprint density at radius 1 is 1.12 bits per heavy atom. The van der Waals surface area contributed by atoms with Gasteiger partial charge in [0.2, 0.25) is 17.7 Å². The van der Waals surface area contributed by atoms with E-state index >= 15 is 0 Å². The van der Waals surface area contributed by atoms with Crippen molar-refractivity contribution in [3.8, 4) is 0 Å². The summed E-state index contributed by atoms with van der Waals surface area (Å²) in [5.74, 6) is -2.41. The quantitative estimate of drug-likeness (QED) is 0.672. The van der Waals surface area contributed by atoms with Crippen molar-refractivity contribution in [3.63, 3.8) is 0 Å². The van der Waals surface area contributed by atoms with Gasteiger partial charge in [0.25, 0.3) is 0 Å². The van der Waals surface area contributed by atoms with Gasteiger partial charge < -0.3 is 5.32 Å². The molecular weight excluding hydrogens is 337 g/mol. The second-order valence-corrected chi connectivity index (χ2v) is 6.05. The number of carbonyl (C=O) groups excluding carboxylic acids is 3. The van der Waals surface area contributed by atoms with Gasteiger partial charge in [-0.1, -0.05) is 18.2 Å². The molecule has 0 unspecified atom stereocenters. The second kappa shape index (κ2) is 6.34. The highest BCUT2D eigenvalue weighted by atomic mass is 19.4. The van der Waals surface area contributed by atoms with E-state index in [4.69, 9.17) is 0 Å². The summed E-state index contributed by atoms with van der Waals surface area (Å²) in [7, 11) is 0. The average Bonchev–Trinajstić information content (AvgIpc) is 2.80. The topological polar surface area (TPSA) is 66.5 Å². The molecule has 0 aromatic heterocycles. The van der Waals surface area contributed by atoms with E-state index in [1.165, 1.54) is 12.1 Å². The van der Waals surface area contributed by atoms with Crippen molar-refractivity contribution in [2.24, 2.45) is 11.8 Å². The number of allylic oxidation sites excluding steroid dienone is 2. The zero-order chi connectivity index (χ0) is 18.2. The number of anilines is 1. The largest absolute Gasteiger partial charge is 0.416 e. The smallest absolute Gasteiger partial charge is 0.325 e. The molecular formula is C17H15F3N2O3. The zero-order valence-corrected chi connectivity index (χ0v) is 13.0. The van der Waals surface area contributed by atoms with Gasteiger partial charge in [0, 0.05) is 5.69 Å². The van der Waals surface area contributed by atoms with Crippen LogP contribution in [-0.2, 0) is 20.6 Å². The maximum atomic E-state index is 12.7. The maximum absolute atomic E-state index is 12.7. The number of nitrogens with one attached hydrogen (secondary N) is 1. The van der Waals surface area contributed by atoms with Gasteiger partial charge in [-0.15, -0.1) is 0 Å². The molecule has 5 nitrogen and oxygen atoms in total. The van der Waals surface area contributed by atoms with Crippen LogP contribution in [-0.4, -0.2) is 29.2 Å². The molecule has 8 heteroatoms. The van der Waals surface area contributed by atoms with E-state index in [2.05, 4.69) is 5.32 Å². The number of halogens is 3. The molecule has 1 aliphatic carbocycles. The monoisotopic (exact) mass is 352 g/mol. The Balaban J connectivity index is 1.67. The molecule has 0 saturated carbocycles. The third-order valence-corrected chi connectivity index (χ3v) is 4.37. The summed E-state index contributed by atoms with van der Waals surface area (Å²) in [6.45, 7) is -0.499. The summed E-state index contributed by atoms with van der Waals surface area (Å²) in [6, 6.07) is 4.17. The third-order valence-electron chi connectivity index (χ3n) is 4.37. The van der Waals surface area contributed by atoms with E-state index in [1.54, 1.807) is 0 Å².